The van der Waals surface area contributed by atoms with Crippen molar-refractivity contribution in [3.63, 3.8) is 0 Å². The number of carbonyl (C=O) groups is 1. The Morgan fingerprint density at radius 2 is 2.57 bits per heavy atom. The number of hydrogen-bond acceptors (Lipinski definition) is 1. The van der Waals surface area contributed by atoms with Crippen molar-refractivity contribution in [2.45, 2.75) is 16.9 Å². The third-order valence-corrected chi connectivity index (χ3v) is 1.88. The van der Waals surface area contributed by atoms with Crippen molar-refractivity contribution in [3.05, 3.63) is 0 Å². The highest BCUT2D eigenvalue weighted by atomic mass is 127. The average Bonchev–Trinajstić information content (AvgIpc) is 1.87. The second kappa shape index (κ2) is 1.98. The molecule has 0 aromatic rings. The SMILES string of the molecule is O=C1CCC(I)N1. The van der Waals surface area contributed by atoms with Gasteiger partial charge in [-0.25, -0.2) is 0 Å². The Balaban J connectivity index is 2.40. The fraction of sp³-hybridized carbons (Fsp3) is 0.750. The van der Waals surface area contributed by atoms with E-state index >= 15 is 0 Å². The summed E-state index contributed by atoms with van der Waals surface area (Å²) in [7, 11) is 0. The maximum atomic E-state index is 10.3. The van der Waals surface area contributed by atoms with Crippen molar-refractivity contribution in [1.82, 2.24) is 5.32 Å². The molecule has 1 rings (SSSR count). The Bertz CT molecular complexity index is 93.7. The van der Waals surface area contributed by atoms with Crippen molar-refractivity contribution in [2.75, 3.05) is 0 Å². The number of rotatable bonds is 0. The largest absolute Gasteiger partial charge is 0.344 e. The molecule has 7 heavy (non-hydrogen) atoms. The van der Waals surface area contributed by atoms with Crippen LogP contribution in [0.4, 0.5) is 0 Å². The minimum Gasteiger partial charge on any atom is -0.344 e. The Morgan fingerprint density at radius 1 is 1.86 bits per heavy atom. The van der Waals surface area contributed by atoms with Crippen LogP contribution in [0.3, 0.4) is 0 Å². The first-order valence-electron chi connectivity index (χ1n) is 2.22. The van der Waals surface area contributed by atoms with Crippen LogP contribution in [0.1, 0.15) is 12.8 Å². The molecule has 0 aliphatic carbocycles. The van der Waals surface area contributed by atoms with Crippen molar-refractivity contribution in [3.8, 4) is 0 Å². The molecule has 0 aromatic heterocycles. The summed E-state index contributed by atoms with van der Waals surface area (Å²) in [6.45, 7) is 0. The molecule has 1 fully saturated rings. The Kier molecular flexibility index (Phi) is 1.51. The van der Waals surface area contributed by atoms with Gasteiger partial charge in [0.2, 0.25) is 5.91 Å². The van der Waals surface area contributed by atoms with E-state index in [1.165, 1.54) is 0 Å². The van der Waals surface area contributed by atoms with Gasteiger partial charge in [0.15, 0.2) is 0 Å². The second-order valence-electron chi connectivity index (χ2n) is 1.57. The third-order valence-electron chi connectivity index (χ3n) is 0.942. The average molecular weight is 211 g/mol. The molecule has 1 aliphatic rings. The summed E-state index contributed by atoms with van der Waals surface area (Å²) < 4.78 is 0.394. The second-order valence-corrected chi connectivity index (χ2v) is 3.08. The molecule has 0 bridgehead atoms. The molecule has 2 nitrogen and oxygen atoms in total. The summed E-state index contributed by atoms with van der Waals surface area (Å²) in [6.07, 6.45) is 1.72. The van der Waals surface area contributed by atoms with Crippen molar-refractivity contribution in [1.29, 1.82) is 0 Å². The van der Waals surface area contributed by atoms with Crippen LogP contribution >= 0.6 is 22.6 Å². The van der Waals surface area contributed by atoms with Gasteiger partial charge in [-0.15, -0.1) is 0 Å². The smallest absolute Gasteiger partial charge is 0.220 e. The molecule has 1 aliphatic heterocycles. The zero-order valence-electron chi connectivity index (χ0n) is 3.78. The first kappa shape index (κ1) is 5.34. The van der Waals surface area contributed by atoms with E-state index in [4.69, 9.17) is 0 Å². The van der Waals surface area contributed by atoms with Crippen LogP contribution < -0.4 is 5.32 Å². The van der Waals surface area contributed by atoms with Crippen molar-refractivity contribution >= 4 is 28.5 Å². The lowest BCUT2D eigenvalue weighted by Crippen LogP contribution is -2.18. The Morgan fingerprint density at radius 3 is 2.71 bits per heavy atom. The predicted molar refractivity (Wildman–Crippen MR) is 35.2 cm³/mol. The molecule has 1 N–H and O–H groups in total. The number of halogens is 1. The topological polar surface area (TPSA) is 29.1 Å². The number of amides is 1. The van der Waals surface area contributed by atoms with E-state index in [1.54, 1.807) is 0 Å². The van der Waals surface area contributed by atoms with Gasteiger partial charge in [-0.3, -0.25) is 4.79 Å². The fourth-order valence-corrected chi connectivity index (χ4v) is 1.24. The highest BCUT2D eigenvalue weighted by Crippen LogP contribution is 2.11. The fourth-order valence-electron chi connectivity index (χ4n) is 0.577. The molecule has 3 heteroatoms. The number of alkyl halides is 1. The van der Waals surface area contributed by atoms with Gasteiger partial charge in [0.25, 0.3) is 0 Å². The number of hydrogen-bond donors (Lipinski definition) is 1. The van der Waals surface area contributed by atoms with Crippen LogP contribution in [0, 0.1) is 0 Å². The summed E-state index contributed by atoms with van der Waals surface area (Å²) in [4.78, 5) is 10.3. The van der Waals surface area contributed by atoms with Crippen molar-refractivity contribution in [2.24, 2.45) is 0 Å². The van der Waals surface area contributed by atoms with Crippen LogP contribution in [0.25, 0.3) is 0 Å². The van der Waals surface area contributed by atoms with Gasteiger partial charge >= 0.3 is 0 Å². The maximum Gasteiger partial charge on any atom is 0.220 e. The van der Waals surface area contributed by atoms with Crippen molar-refractivity contribution < 1.29 is 4.79 Å². The number of carbonyl (C=O) groups excluding carboxylic acids is 1. The van der Waals surface area contributed by atoms with Crippen LogP contribution in [-0.4, -0.2) is 9.96 Å². The lowest BCUT2D eigenvalue weighted by atomic mass is 10.4. The van der Waals surface area contributed by atoms with E-state index in [-0.39, 0.29) is 5.91 Å². The molecule has 0 saturated carbocycles. The predicted octanol–water partition coefficient (Wildman–Crippen LogP) is 0.657. The van der Waals surface area contributed by atoms with E-state index in [0.29, 0.717) is 10.5 Å². The van der Waals surface area contributed by atoms with Crippen LogP contribution in [0.2, 0.25) is 0 Å². The molecular formula is C4H6INO. The molecule has 1 heterocycles. The standard InChI is InChI=1S/C4H6INO/c5-3-1-2-4(7)6-3/h3H,1-2H2,(H,6,7). The quantitative estimate of drug-likeness (QED) is 0.356. The number of nitrogens with one attached hydrogen (secondary N) is 1. The van der Waals surface area contributed by atoms with Gasteiger partial charge in [0.05, 0.1) is 4.05 Å². The lowest BCUT2D eigenvalue weighted by molar-refractivity contribution is -0.119. The van der Waals surface area contributed by atoms with Gasteiger partial charge in [-0.2, -0.15) is 0 Å². The first-order chi connectivity index (χ1) is 3.29. The van der Waals surface area contributed by atoms with E-state index in [1.807, 2.05) is 0 Å². The zero-order chi connectivity index (χ0) is 5.28. The van der Waals surface area contributed by atoms with Gasteiger partial charge in [-0.05, 0) is 6.42 Å². The van der Waals surface area contributed by atoms with Crippen LogP contribution in [-0.2, 0) is 4.79 Å². The van der Waals surface area contributed by atoms with Gasteiger partial charge in [0.1, 0.15) is 0 Å². The summed E-state index contributed by atoms with van der Waals surface area (Å²) in [5.41, 5.74) is 0. The summed E-state index contributed by atoms with van der Waals surface area (Å²) in [5, 5.41) is 2.76. The normalized spacial score (nSPS) is 30.4. The highest BCUT2D eigenvalue weighted by Gasteiger charge is 2.16. The molecule has 0 spiro atoms. The molecule has 0 radical (unpaired) electrons. The van der Waals surface area contributed by atoms with E-state index in [9.17, 15) is 4.79 Å². The summed E-state index contributed by atoms with van der Waals surface area (Å²) in [6, 6.07) is 0. The molecule has 0 aromatic carbocycles. The molecular weight excluding hydrogens is 205 g/mol. The Hall–Kier alpha value is 0.200. The van der Waals surface area contributed by atoms with E-state index < -0.39 is 0 Å². The lowest BCUT2D eigenvalue weighted by Gasteiger charge is -1.93. The molecule has 1 saturated heterocycles. The molecule has 40 valence electrons. The first-order valence-corrected chi connectivity index (χ1v) is 3.47. The van der Waals surface area contributed by atoms with Crippen LogP contribution in [0.5, 0.6) is 0 Å². The molecule has 1 amide bonds. The maximum absolute atomic E-state index is 10.3. The minimum atomic E-state index is 0.194. The summed E-state index contributed by atoms with van der Waals surface area (Å²) in [5.74, 6) is 0.194. The third kappa shape index (κ3) is 1.29. The monoisotopic (exact) mass is 211 g/mol. The zero-order valence-corrected chi connectivity index (χ0v) is 5.94. The summed E-state index contributed by atoms with van der Waals surface area (Å²) >= 11 is 2.22. The Labute approximate surface area is 55.8 Å². The minimum absolute atomic E-state index is 0.194. The van der Waals surface area contributed by atoms with Crippen LogP contribution in [0.15, 0.2) is 0 Å². The van der Waals surface area contributed by atoms with E-state index in [0.717, 1.165) is 6.42 Å². The molecule has 1 atom stereocenters. The van der Waals surface area contributed by atoms with Gasteiger partial charge < -0.3 is 5.32 Å². The molecule has 1 unspecified atom stereocenters. The van der Waals surface area contributed by atoms with Gasteiger partial charge in [0, 0.05) is 6.42 Å². The van der Waals surface area contributed by atoms with Gasteiger partial charge in [-0.1, -0.05) is 22.6 Å². The van der Waals surface area contributed by atoms with E-state index in [2.05, 4.69) is 27.9 Å². The highest BCUT2D eigenvalue weighted by molar-refractivity contribution is 14.1.